The van der Waals surface area contributed by atoms with Crippen molar-refractivity contribution in [2.75, 3.05) is 14.2 Å². The molecule has 0 aliphatic carbocycles. The highest BCUT2D eigenvalue weighted by atomic mass is 16.5. The highest BCUT2D eigenvalue weighted by Crippen LogP contribution is 2.41. The minimum Gasteiger partial charge on any atom is -0.493 e. The Morgan fingerprint density at radius 2 is 1.65 bits per heavy atom. The molecule has 6 rings (SSSR count). The first-order valence-electron chi connectivity index (χ1n) is 13.6. The molecule has 0 spiro atoms. The van der Waals surface area contributed by atoms with Crippen molar-refractivity contribution in [2.24, 2.45) is 0 Å². The largest absolute Gasteiger partial charge is 0.493 e. The summed E-state index contributed by atoms with van der Waals surface area (Å²) in [7, 11) is 3.12. The molecule has 9 heteroatoms. The van der Waals surface area contributed by atoms with Gasteiger partial charge in [0.1, 0.15) is 18.2 Å². The zero-order chi connectivity index (χ0) is 29.9. The molecule has 216 valence electrons. The number of rotatable bonds is 9. The number of methoxy groups -OCH3 is 2. The number of fused-ring (bicyclic) bond motifs is 2. The van der Waals surface area contributed by atoms with Crippen LogP contribution in [0.5, 0.6) is 17.2 Å². The van der Waals surface area contributed by atoms with Crippen LogP contribution in [0.1, 0.15) is 16.7 Å². The first kappa shape index (κ1) is 27.9. The zero-order valence-electron chi connectivity index (χ0n) is 23.7. The number of pyridine rings is 3. The summed E-state index contributed by atoms with van der Waals surface area (Å²) in [6.45, 7) is -0.240. The van der Waals surface area contributed by atoms with Gasteiger partial charge in [-0.25, -0.2) is 4.98 Å². The Bertz CT molecular complexity index is 2000. The fraction of sp³-hybridized carbons (Fsp3) is 0.147. The predicted molar refractivity (Wildman–Crippen MR) is 164 cm³/mol. The Kier molecular flexibility index (Phi) is 7.74. The Hall–Kier alpha value is -5.25. The molecule has 43 heavy (non-hydrogen) atoms. The smallest absolute Gasteiger partial charge is 0.264 e. The van der Waals surface area contributed by atoms with Gasteiger partial charge in [0.05, 0.1) is 32.8 Å². The highest BCUT2D eigenvalue weighted by molar-refractivity contribution is 6.01. The van der Waals surface area contributed by atoms with Crippen molar-refractivity contribution >= 4 is 21.5 Å². The average Bonchev–Trinajstić information content (AvgIpc) is 3.06. The summed E-state index contributed by atoms with van der Waals surface area (Å²) in [5, 5.41) is 23.3. The number of aliphatic hydroxyl groups is 2. The maximum absolute atomic E-state index is 13.7. The summed E-state index contributed by atoms with van der Waals surface area (Å²) in [4.78, 5) is 22.4. The summed E-state index contributed by atoms with van der Waals surface area (Å²) in [5.41, 5.74) is 3.23. The molecule has 0 bridgehead atoms. The van der Waals surface area contributed by atoms with Crippen LogP contribution in [0.4, 0.5) is 0 Å². The topological polar surface area (TPSA) is 116 Å². The number of hydrogen-bond donors (Lipinski definition) is 2. The molecule has 3 aromatic heterocycles. The van der Waals surface area contributed by atoms with Crippen LogP contribution >= 0.6 is 0 Å². The van der Waals surface area contributed by atoms with Crippen LogP contribution in [-0.2, 0) is 19.8 Å². The van der Waals surface area contributed by atoms with Crippen LogP contribution in [0.15, 0.2) is 96.3 Å². The van der Waals surface area contributed by atoms with E-state index in [1.54, 1.807) is 57.2 Å². The Morgan fingerprint density at radius 1 is 0.814 bits per heavy atom. The van der Waals surface area contributed by atoms with Crippen LogP contribution in [0.3, 0.4) is 0 Å². The second-order valence-electron chi connectivity index (χ2n) is 9.89. The molecule has 0 atom stereocenters. The molecule has 9 nitrogen and oxygen atoms in total. The minimum absolute atomic E-state index is 0.253. The summed E-state index contributed by atoms with van der Waals surface area (Å²) in [6, 6.07) is 20.1. The average molecular weight is 576 g/mol. The third-order valence-corrected chi connectivity index (χ3v) is 7.48. The third-order valence-electron chi connectivity index (χ3n) is 7.48. The maximum atomic E-state index is 13.7. The van der Waals surface area contributed by atoms with Gasteiger partial charge in [0.2, 0.25) is 0 Å². The first-order valence-corrected chi connectivity index (χ1v) is 13.6. The van der Waals surface area contributed by atoms with Gasteiger partial charge in [-0.1, -0.05) is 12.1 Å². The number of benzene rings is 3. The standard InChI is InChI=1S/C34H29N3O6/c1-41-30-14-23-13-24(18-38)28(19-39)33(27(23)16-31(30)42-2)22-8-11-36-32(15-22)37-12-9-25-26(34(37)40)6-3-7-29(25)43-20-21-5-4-10-35-17-21/h3-17,38-39H,18-20H2,1-2H3. The van der Waals surface area contributed by atoms with Crippen molar-refractivity contribution in [3.8, 4) is 34.2 Å². The van der Waals surface area contributed by atoms with E-state index in [0.717, 1.165) is 16.3 Å². The van der Waals surface area contributed by atoms with Crippen LogP contribution in [0.2, 0.25) is 0 Å². The highest BCUT2D eigenvalue weighted by Gasteiger charge is 2.19. The number of aliphatic hydroxyl groups excluding tert-OH is 2. The van der Waals surface area contributed by atoms with Gasteiger partial charge < -0.3 is 24.4 Å². The Morgan fingerprint density at radius 3 is 2.40 bits per heavy atom. The molecule has 2 N–H and O–H groups in total. The molecule has 0 fully saturated rings. The van der Waals surface area contributed by atoms with Crippen molar-refractivity contribution in [2.45, 2.75) is 19.8 Å². The van der Waals surface area contributed by atoms with Crippen molar-refractivity contribution in [3.05, 3.63) is 119 Å². The molecule has 0 saturated carbocycles. The number of hydrogen-bond acceptors (Lipinski definition) is 8. The van der Waals surface area contributed by atoms with E-state index in [1.165, 1.54) is 4.57 Å². The van der Waals surface area contributed by atoms with E-state index in [2.05, 4.69) is 9.97 Å². The van der Waals surface area contributed by atoms with Crippen LogP contribution in [0.25, 0.3) is 38.5 Å². The summed E-state index contributed by atoms with van der Waals surface area (Å²) < 4.78 is 18.6. The van der Waals surface area contributed by atoms with E-state index < -0.39 is 0 Å². The van der Waals surface area contributed by atoms with E-state index in [4.69, 9.17) is 14.2 Å². The van der Waals surface area contributed by atoms with Gasteiger partial charge in [-0.3, -0.25) is 14.3 Å². The molecular formula is C34H29N3O6. The summed E-state index contributed by atoms with van der Waals surface area (Å²) in [5.74, 6) is 2.07. The van der Waals surface area contributed by atoms with Gasteiger partial charge >= 0.3 is 0 Å². The number of aromatic nitrogens is 3. The summed E-state index contributed by atoms with van der Waals surface area (Å²) in [6.07, 6.45) is 6.74. The SMILES string of the molecule is COc1cc2cc(CO)c(CO)c(-c3ccnc(-n4ccc5c(OCc6cccnc6)cccc5c4=O)c3)c2cc1OC. The lowest BCUT2D eigenvalue weighted by molar-refractivity contribution is 0.260. The zero-order valence-corrected chi connectivity index (χ0v) is 23.7. The van der Waals surface area contributed by atoms with Crippen LogP contribution < -0.4 is 19.8 Å². The number of nitrogens with zero attached hydrogens (tertiary/aromatic N) is 3. The fourth-order valence-corrected chi connectivity index (χ4v) is 5.39. The lowest BCUT2D eigenvalue weighted by atomic mass is 9.90. The van der Waals surface area contributed by atoms with Gasteiger partial charge in [-0.05, 0) is 87.6 Å². The van der Waals surface area contributed by atoms with E-state index in [-0.39, 0.29) is 18.8 Å². The molecule has 0 aliphatic rings. The van der Waals surface area contributed by atoms with Gasteiger partial charge in [0.15, 0.2) is 11.5 Å². The maximum Gasteiger partial charge on any atom is 0.264 e. The van der Waals surface area contributed by atoms with Crippen LogP contribution in [0, 0.1) is 0 Å². The number of ether oxygens (including phenoxy) is 3. The second kappa shape index (κ2) is 11.9. The monoisotopic (exact) mass is 575 g/mol. The van der Waals surface area contributed by atoms with Gasteiger partial charge in [-0.2, -0.15) is 0 Å². The van der Waals surface area contributed by atoms with Crippen LogP contribution in [-0.4, -0.2) is 39.0 Å². The first-order chi connectivity index (χ1) is 21.1. The Balaban J connectivity index is 1.47. The molecule has 0 unspecified atom stereocenters. The van der Waals surface area contributed by atoms with E-state index >= 15 is 0 Å². The third kappa shape index (κ3) is 5.16. The normalized spacial score (nSPS) is 11.2. The van der Waals surface area contributed by atoms with Gasteiger partial charge in [0, 0.05) is 35.7 Å². The molecule has 3 heterocycles. The minimum atomic E-state index is -0.301. The molecule has 0 aliphatic heterocycles. The van der Waals surface area contributed by atoms with E-state index in [1.807, 2.05) is 48.5 Å². The van der Waals surface area contributed by atoms with Gasteiger partial charge in [-0.15, -0.1) is 0 Å². The quantitative estimate of drug-likeness (QED) is 0.242. The molecular weight excluding hydrogens is 546 g/mol. The van der Waals surface area contributed by atoms with E-state index in [0.29, 0.717) is 62.7 Å². The predicted octanol–water partition coefficient (Wildman–Crippen LogP) is 5.18. The Labute approximate surface area is 247 Å². The van der Waals surface area contributed by atoms with E-state index in [9.17, 15) is 15.0 Å². The molecule has 6 aromatic rings. The lowest BCUT2D eigenvalue weighted by Crippen LogP contribution is -2.18. The van der Waals surface area contributed by atoms with Crippen molar-refractivity contribution < 1.29 is 24.4 Å². The van der Waals surface area contributed by atoms with Crippen molar-refractivity contribution in [1.29, 1.82) is 0 Å². The van der Waals surface area contributed by atoms with Gasteiger partial charge in [0.25, 0.3) is 5.56 Å². The molecule has 3 aromatic carbocycles. The fourth-order valence-electron chi connectivity index (χ4n) is 5.39. The lowest BCUT2D eigenvalue weighted by Gasteiger charge is -2.19. The molecule has 0 amide bonds. The molecule has 0 saturated heterocycles. The van der Waals surface area contributed by atoms with Crippen molar-refractivity contribution in [1.82, 2.24) is 14.5 Å². The molecule has 0 radical (unpaired) electrons. The second-order valence-corrected chi connectivity index (χ2v) is 9.89. The van der Waals surface area contributed by atoms with Crippen molar-refractivity contribution in [3.63, 3.8) is 0 Å². The summed E-state index contributed by atoms with van der Waals surface area (Å²) >= 11 is 0.